The molecule has 0 fully saturated rings. The van der Waals surface area contributed by atoms with Gasteiger partial charge in [-0.25, -0.2) is 0 Å². The molecule has 0 heterocycles. The molecule has 0 aromatic heterocycles. The first-order chi connectivity index (χ1) is 18.2. The van der Waals surface area contributed by atoms with E-state index in [-0.39, 0.29) is 5.91 Å². The van der Waals surface area contributed by atoms with Gasteiger partial charge >= 0.3 is 0 Å². The van der Waals surface area contributed by atoms with Crippen LogP contribution in [0.1, 0.15) is 41.5 Å². The molecule has 1 aliphatic carbocycles. The molecule has 4 nitrogen and oxygen atoms in total. The lowest BCUT2D eigenvalue weighted by molar-refractivity contribution is -0.132. The SMILES string of the molecule is CCOC(Cc1ccc(OCCC2c3ccccc3-c3ccccc32)cc1)C(=O)NCc1ccccc1. The Bertz CT molecular complexity index is 1270. The van der Waals surface area contributed by atoms with Crippen LogP contribution in [0, 0.1) is 0 Å². The summed E-state index contributed by atoms with van der Waals surface area (Å²) in [6.07, 6.45) is 0.914. The fourth-order valence-corrected chi connectivity index (χ4v) is 5.13. The third kappa shape index (κ3) is 5.92. The van der Waals surface area contributed by atoms with E-state index < -0.39 is 6.10 Å². The van der Waals surface area contributed by atoms with Crippen molar-refractivity contribution in [1.82, 2.24) is 5.32 Å². The zero-order valence-electron chi connectivity index (χ0n) is 21.2. The predicted molar refractivity (Wildman–Crippen MR) is 148 cm³/mol. The summed E-state index contributed by atoms with van der Waals surface area (Å²) in [7, 11) is 0. The Morgan fingerprint density at radius 1 is 0.784 bits per heavy atom. The van der Waals surface area contributed by atoms with Crippen molar-refractivity contribution in [2.45, 2.75) is 38.3 Å². The molecule has 0 spiro atoms. The van der Waals surface area contributed by atoms with Crippen LogP contribution in [0.3, 0.4) is 0 Å². The number of carbonyl (C=O) groups excluding carboxylic acids is 1. The summed E-state index contributed by atoms with van der Waals surface area (Å²) in [5.41, 5.74) is 7.55. The quantitative estimate of drug-likeness (QED) is 0.259. The molecular weight excluding hydrogens is 458 g/mol. The van der Waals surface area contributed by atoms with E-state index in [1.807, 2.05) is 61.5 Å². The van der Waals surface area contributed by atoms with E-state index in [0.717, 1.165) is 23.3 Å². The number of carbonyl (C=O) groups is 1. The van der Waals surface area contributed by atoms with Gasteiger partial charge in [0.25, 0.3) is 0 Å². The van der Waals surface area contributed by atoms with Crippen molar-refractivity contribution >= 4 is 5.91 Å². The highest BCUT2D eigenvalue weighted by molar-refractivity contribution is 5.81. The van der Waals surface area contributed by atoms with E-state index in [9.17, 15) is 4.79 Å². The minimum absolute atomic E-state index is 0.0943. The molecule has 4 aromatic rings. The third-order valence-electron chi connectivity index (χ3n) is 6.95. The van der Waals surface area contributed by atoms with E-state index in [0.29, 0.717) is 32.1 Å². The lowest BCUT2D eigenvalue weighted by Gasteiger charge is -2.17. The summed E-state index contributed by atoms with van der Waals surface area (Å²) in [6, 6.07) is 35.3. The molecule has 1 atom stereocenters. The Balaban J connectivity index is 1.15. The minimum atomic E-state index is -0.525. The Labute approximate surface area is 219 Å². The van der Waals surface area contributed by atoms with E-state index in [1.54, 1.807) is 0 Å². The number of rotatable bonds is 11. The van der Waals surface area contributed by atoms with Gasteiger partial charge in [-0.1, -0.05) is 91.0 Å². The molecule has 0 aliphatic heterocycles. The summed E-state index contributed by atoms with van der Waals surface area (Å²) < 4.78 is 11.9. The van der Waals surface area contributed by atoms with Crippen molar-refractivity contribution < 1.29 is 14.3 Å². The Hall–Kier alpha value is -3.89. The van der Waals surface area contributed by atoms with Crippen molar-refractivity contribution in [2.75, 3.05) is 13.2 Å². The zero-order valence-corrected chi connectivity index (χ0v) is 21.2. The second kappa shape index (κ2) is 11.9. The molecule has 0 bridgehead atoms. The minimum Gasteiger partial charge on any atom is -0.494 e. The molecule has 0 saturated heterocycles. The van der Waals surface area contributed by atoms with Gasteiger partial charge in [0, 0.05) is 25.5 Å². The molecular formula is C33H33NO3. The van der Waals surface area contributed by atoms with Gasteiger partial charge in [0.05, 0.1) is 6.61 Å². The molecule has 37 heavy (non-hydrogen) atoms. The second-order valence-corrected chi connectivity index (χ2v) is 9.36. The van der Waals surface area contributed by atoms with E-state index in [1.165, 1.54) is 22.3 Å². The molecule has 0 radical (unpaired) electrons. The first-order valence-electron chi connectivity index (χ1n) is 13.1. The Morgan fingerprint density at radius 3 is 2.05 bits per heavy atom. The average Bonchev–Trinajstić information content (AvgIpc) is 3.27. The number of benzene rings is 4. The Morgan fingerprint density at radius 2 is 1.41 bits per heavy atom. The first kappa shape index (κ1) is 24.8. The monoisotopic (exact) mass is 491 g/mol. The molecule has 1 N–H and O–H groups in total. The van der Waals surface area contributed by atoms with Crippen LogP contribution in [0.25, 0.3) is 11.1 Å². The summed E-state index contributed by atoms with van der Waals surface area (Å²) in [6.45, 7) is 3.52. The van der Waals surface area contributed by atoms with Crippen LogP contribution >= 0.6 is 0 Å². The molecule has 1 amide bonds. The van der Waals surface area contributed by atoms with E-state index in [2.05, 4.69) is 53.8 Å². The lowest BCUT2D eigenvalue weighted by atomic mass is 9.94. The number of nitrogens with one attached hydrogen (secondary N) is 1. The van der Waals surface area contributed by atoms with Gasteiger partial charge in [-0.2, -0.15) is 0 Å². The molecule has 5 rings (SSSR count). The van der Waals surface area contributed by atoms with Crippen LogP contribution in [0.5, 0.6) is 5.75 Å². The van der Waals surface area contributed by atoms with Crippen LogP contribution in [0.2, 0.25) is 0 Å². The predicted octanol–water partition coefficient (Wildman–Crippen LogP) is 6.53. The van der Waals surface area contributed by atoms with Gasteiger partial charge in [0.15, 0.2) is 0 Å². The summed E-state index contributed by atoms with van der Waals surface area (Å²) in [4.78, 5) is 12.8. The summed E-state index contributed by atoms with van der Waals surface area (Å²) >= 11 is 0. The van der Waals surface area contributed by atoms with Gasteiger partial charge in [-0.15, -0.1) is 0 Å². The molecule has 1 aliphatic rings. The normalized spacial score (nSPS) is 13.0. The smallest absolute Gasteiger partial charge is 0.249 e. The standard InChI is InChI=1S/C33H33NO3/c1-2-36-32(33(35)34-23-25-10-4-3-5-11-25)22-24-16-18-26(19-17-24)37-21-20-31-29-14-8-6-12-27(29)28-13-7-9-15-30(28)31/h3-19,31-32H,2,20-23H2,1H3,(H,34,35). The first-order valence-corrected chi connectivity index (χ1v) is 13.1. The van der Waals surface area contributed by atoms with E-state index >= 15 is 0 Å². The zero-order chi connectivity index (χ0) is 25.5. The maximum Gasteiger partial charge on any atom is 0.249 e. The van der Waals surface area contributed by atoms with Crippen molar-refractivity contribution in [3.8, 4) is 16.9 Å². The fraction of sp³-hybridized carbons (Fsp3) is 0.242. The second-order valence-electron chi connectivity index (χ2n) is 9.36. The van der Waals surface area contributed by atoms with Crippen LogP contribution in [-0.2, 0) is 22.5 Å². The maximum absolute atomic E-state index is 12.8. The average molecular weight is 492 g/mol. The van der Waals surface area contributed by atoms with Crippen molar-refractivity contribution in [3.05, 3.63) is 125 Å². The molecule has 4 heteroatoms. The number of hydrogen-bond donors (Lipinski definition) is 1. The van der Waals surface area contributed by atoms with Gasteiger partial charge in [0.1, 0.15) is 11.9 Å². The van der Waals surface area contributed by atoms with Crippen LogP contribution in [-0.4, -0.2) is 25.2 Å². The summed E-state index contributed by atoms with van der Waals surface area (Å²) in [5.74, 6) is 1.10. The topological polar surface area (TPSA) is 47.6 Å². The highest BCUT2D eigenvalue weighted by atomic mass is 16.5. The lowest BCUT2D eigenvalue weighted by Crippen LogP contribution is -2.37. The fourth-order valence-electron chi connectivity index (χ4n) is 5.13. The Kier molecular flexibility index (Phi) is 7.97. The van der Waals surface area contributed by atoms with Gasteiger partial charge in [-0.3, -0.25) is 4.79 Å². The van der Waals surface area contributed by atoms with Crippen LogP contribution in [0.4, 0.5) is 0 Å². The summed E-state index contributed by atoms with van der Waals surface area (Å²) in [5, 5.41) is 3.00. The van der Waals surface area contributed by atoms with Gasteiger partial charge in [-0.05, 0) is 58.9 Å². The number of fused-ring (bicyclic) bond motifs is 3. The number of amides is 1. The highest BCUT2D eigenvalue weighted by Crippen LogP contribution is 2.45. The number of ether oxygens (including phenoxy) is 2. The molecule has 0 saturated carbocycles. The number of hydrogen-bond acceptors (Lipinski definition) is 3. The molecule has 4 aromatic carbocycles. The third-order valence-corrected chi connectivity index (χ3v) is 6.95. The van der Waals surface area contributed by atoms with Crippen molar-refractivity contribution in [3.63, 3.8) is 0 Å². The van der Waals surface area contributed by atoms with Gasteiger partial charge < -0.3 is 14.8 Å². The van der Waals surface area contributed by atoms with Gasteiger partial charge in [0.2, 0.25) is 5.91 Å². The van der Waals surface area contributed by atoms with Crippen molar-refractivity contribution in [1.29, 1.82) is 0 Å². The maximum atomic E-state index is 12.8. The van der Waals surface area contributed by atoms with Crippen molar-refractivity contribution in [2.24, 2.45) is 0 Å². The van der Waals surface area contributed by atoms with E-state index in [4.69, 9.17) is 9.47 Å². The highest BCUT2D eigenvalue weighted by Gasteiger charge is 2.27. The van der Waals surface area contributed by atoms with Crippen LogP contribution < -0.4 is 10.1 Å². The van der Waals surface area contributed by atoms with Crippen LogP contribution in [0.15, 0.2) is 103 Å². The molecule has 1 unspecified atom stereocenters. The molecule has 188 valence electrons. The largest absolute Gasteiger partial charge is 0.494 e.